The molecule has 0 saturated heterocycles. The number of hydrogen-bond donors (Lipinski definition) is 2. The molecule has 8 heteroatoms. The van der Waals surface area contributed by atoms with Gasteiger partial charge in [-0.2, -0.15) is 0 Å². The molecule has 0 saturated carbocycles. The highest BCUT2D eigenvalue weighted by molar-refractivity contribution is 5.69. The first kappa shape index (κ1) is 44.8. The molecule has 0 aliphatic carbocycles. The lowest BCUT2D eigenvalue weighted by atomic mass is 10.0. The van der Waals surface area contributed by atoms with E-state index in [1.54, 1.807) is 12.5 Å². The molecule has 8 nitrogen and oxygen atoms in total. The molecule has 49 heavy (non-hydrogen) atoms. The normalized spacial score (nSPS) is 11.4. The van der Waals surface area contributed by atoms with Crippen LogP contribution in [0.25, 0.3) is 0 Å². The molecule has 0 aliphatic heterocycles. The third-order valence-corrected chi connectivity index (χ3v) is 9.63. The van der Waals surface area contributed by atoms with E-state index >= 15 is 0 Å². The Balaban J connectivity index is 2.34. The van der Waals surface area contributed by atoms with Crippen LogP contribution in [0, 0.1) is 0 Å². The number of aldehydes is 1. The minimum atomic E-state index is 0.0247. The zero-order valence-corrected chi connectivity index (χ0v) is 32.3. The number of anilines is 2. The predicted molar refractivity (Wildman–Crippen MR) is 208 cm³/mol. The van der Waals surface area contributed by atoms with Gasteiger partial charge in [-0.1, -0.05) is 117 Å². The van der Waals surface area contributed by atoms with Crippen molar-refractivity contribution in [1.29, 1.82) is 0 Å². The average Bonchev–Trinajstić information content (AvgIpc) is 3.11. The number of nitrogens with one attached hydrogen (secondary N) is 2. The highest BCUT2D eigenvalue weighted by Gasteiger charge is 2.14. The number of carbonyl (C=O) groups excluding carboxylic acids is 2. The standard InChI is InChI=1S/C41H77N5O3/c1-4-6-8-10-15-21-28-38(29-22-16-11-9-7-5-2)49-40(48)30-23-17-14-19-25-33-46(32-24-18-12-13-20-26-35-47)34-27-31-44-41-39(42-3)36-43-37-45-41/h35-38,42H,4-34H2,1-3H3,(H,43,44,45). The van der Waals surface area contributed by atoms with Gasteiger partial charge in [0.2, 0.25) is 0 Å². The van der Waals surface area contributed by atoms with Crippen LogP contribution in [0.1, 0.15) is 187 Å². The summed E-state index contributed by atoms with van der Waals surface area (Å²) in [6, 6.07) is 0. The van der Waals surface area contributed by atoms with Gasteiger partial charge in [-0.25, -0.2) is 9.97 Å². The minimum absolute atomic E-state index is 0.0247. The Morgan fingerprint density at radius 2 is 1.27 bits per heavy atom. The van der Waals surface area contributed by atoms with E-state index in [1.807, 2.05) is 7.05 Å². The maximum atomic E-state index is 12.8. The summed E-state index contributed by atoms with van der Waals surface area (Å²) in [5.74, 6) is 0.881. The molecule has 0 spiro atoms. The lowest BCUT2D eigenvalue weighted by molar-refractivity contribution is -0.150. The number of hydrogen-bond acceptors (Lipinski definition) is 8. The fourth-order valence-corrected chi connectivity index (χ4v) is 6.54. The molecule has 0 amide bonds. The molecule has 0 fully saturated rings. The summed E-state index contributed by atoms with van der Waals surface area (Å²) in [6.07, 6.45) is 35.8. The fourth-order valence-electron chi connectivity index (χ4n) is 6.54. The van der Waals surface area contributed by atoms with Gasteiger partial charge in [-0.3, -0.25) is 4.79 Å². The number of ether oxygens (including phenoxy) is 1. The zero-order chi connectivity index (χ0) is 35.5. The van der Waals surface area contributed by atoms with Crippen molar-refractivity contribution in [2.24, 2.45) is 0 Å². The minimum Gasteiger partial charge on any atom is -0.462 e. The highest BCUT2D eigenvalue weighted by atomic mass is 16.5. The van der Waals surface area contributed by atoms with Crippen molar-refractivity contribution in [3.63, 3.8) is 0 Å². The fraction of sp³-hybridized carbons (Fsp3) is 0.854. The van der Waals surface area contributed by atoms with E-state index in [9.17, 15) is 9.59 Å². The van der Waals surface area contributed by atoms with Crippen LogP contribution in [0.3, 0.4) is 0 Å². The molecule has 0 unspecified atom stereocenters. The van der Waals surface area contributed by atoms with E-state index in [2.05, 4.69) is 39.3 Å². The molecule has 0 bridgehead atoms. The van der Waals surface area contributed by atoms with Crippen molar-refractivity contribution >= 4 is 23.8 Å². The van der Waals surface area contributed by atoms with Gasteiger partial charge in [0.15, 0.2) is 5.82 Å². The molecule has 1 rings (SSSR count). The maximum absolute atomic E-state index is 12.8. The molecule has 0 aliphatic rings. The van der Waals surface area contributed by atoms with Crippen molar-refractivity contribution in [2.45, 2.75) is 193 Å². The molecular formula is C41H77N5O3. The first-order chi connectivity index (χ1) is 24.1. The monoisotopic (exact) mass is 688 g/mol. The first-order valence-electron chi connectivity index (χ1n) is 20.7. The molecule has 0 radical (unpaired) electrons. The first-order valence-corrected chi connectivity index (χ1v) is 20.7. The van der Waals surface area contributed by atoms with Gasteiger partial charge in [-0.05, 0) is 77.4 Å². The van der Waals surface area contributed by atoms with E-state index in [0.717, 1.165) is 88.9 Å². The summed E-state index contributed by atoms with van der Waals surface area (Å²) in [7, 11) is 1.89. The maximum Gasteiger partial charge on any atom is 0.306 e. The Morgan fingerprint density at radius 3 is 1.86 bits per heavy atom. The molecule has 1 heterocycles. The van der Waals surface area contributed by atoms with Gasteiger partial charge in [0.25, 0.3) is 0 Å². The third kappa shape index (κ3) is 27.2. The molecule has 1 aromatic rings. The van der Waals surface area contributed by atoms with E-state index in [1.165, 1.54) is 116 Å². The SMILES string of the molecule is CCCCCCCCC(CCCCCCCC)OC(=O)CCCCCCCN(CCCCCCCC=O)CCCNc1ncncc1NC. The third-order valence-electron chi connectivity index (χ3n) is 9.63. The van der Waals surface area contributed by atoms with Crippen molar-refractivity contribution < 1.29 is 14.3 Å². The van der Waals surface area contributed by atoms with Crippen LogP contribution >= 0.6 is 0 Å². The van der Waals surface area contributed by atoms with Crippen LogP contribution in [-0.2, 0) is 14.3 Å². The summed E-state index contributed by atoms with van der Waals surface area (Å²) < 4.78 is 6.05. The number of carbonyl (C=O) groups is 2. The second-order valence-corrected chi connectivity index (χ2v) is 14.1. The number of rotatable bonds is 37. The van der Waals surface area contributed by atoms with Crippen LogP contribution in [-0.4, -0.2) is 66.5 Å². The molecule has 284 valence electrons. The summed E-state index contributed by atoms with van der Waals surface area (Å²) in [6.45, 7) is 8.74. The molecule has 2 N–H and O–H groups in total. The number of unbranched alkanes of at least 4 members (excludes halogenated alkanes) is 19. The number of nitrogens with zero attached hydrogens (tertiary/aromatic N) is 3. The smallest absolute Gasteiger partial charge is 0.306 e. The van der Waals surface area contributed by atoms with Crippen LogP contribution in [0.4, 0.5) is 11.5 Å². The van der Waals surface area contributed by atoms with Gasteiger partial charge in [0.1, 0.15) is 18.7 Å². The lowest BCUT2D eigenvalue weighted by Gasteiger charge is -2.22. The van der Waals surface area contributed by atoms with Crippen LogP contribution in [0.5, 0.6) is 0 Å². The second-order valence-electron chi connectivity index (χ2n) is 14.1. The summed E-state index contributed by atoms with van der Waals surface area (Å²) in [5, 5.41) is 6.60. The largest absolute Gasteiger partial charge is 0.462 e. The molecule has 0 aromatic carbocycles. The van der Waals surface area contributed by atoms with Crippen LogP contribution < -0.4 is 10.6 Å². The van der Waals surface area contributed by atoms with E-state index in [0.29, 0.717) is 12.8 Å². The summed E-state index contributed by atoms with van der Waals surface area (Å²) in [4.78, 5) is 34.4. The Morgan fingerprint density at radius 1 is 0.735 bits per heavy atom. The zero-order valence-electron chi connectivity index (χ0n) is 32.3. The van der Waals surface area contributed by atoms with Gasteiger partial charge >= 0.3 is 5.97 Å². The van der Waals surface area contributed by atoms with Crippen molar-refractivity contribution in [2.75, 3.05) is 43.9 Å². The molecule has 1 aromatic heterocycles. The van der Waals surface area contributed by atoms with Crippen LogP contribution in [0.2, 0.25) is 0 Å². The van der Waals surface area contributed by atoms with E-state index in [-0.39, 0.29) is 12.1 Å². The van der Waals surface area contributed by atoms with E-state index < -0.39 is 0 Å². The summed E-state index contributed by atoms with van der Waals surface area (Å²) in [5.41, 5.74) is 0.920. The van der Waals surface area contributed by atoms with E-state index in [4.69, 9.17) is 4.74 Å². The van der Waals surface area contributed by atoms with Crippen molar-refractivity contribution in [3.05, 3.63) is 12.5 Å². The Kier molecular flexibility index (Phi) is 31.3. The molecular weight excluding hydrogens is 610 g/mol. The van der Waals surface area contributed by atoms with Gasteiger partial charge in [-0.15, -0.1) is 0 Å². The molecule has 0 atom stereocenters. The van der Waals surface area contributed by atoms with Gasteiger partial charge in [0.05, 0.1) is 11.9 Å². The Labute approximate surface area is 302 Å². The lowest BCUT2D eigenvalue weighted by Crippen LogP contribution is -2.28. The van der Waals surface area contributed by atoms with Gasteiger partial charge < -0.3 is 25.1 Å². The highest BCUT2D eigenvalue weighted by Crippen LogP contribution is 2.19. The van der Waals surface area contributed by atoms with Crippen LogP contribution in [0.15, 0.2) is 12.5 Å². The second kappa shape index (κ2) is 34.2. The van der Waals surface area contributed by atoms with Crippen molar-refractivity contribution in [1.82, 2.24) is 14.9 Å². The number of aromatic nitrogens is 2. The topological polar surface area (TPSA) is 96.5 Å². The van der Waals surface area contributed by atoms with Crippen molar-refractivity contribution in [3.8, 4) is 0 Å². The quantitative estimate of drug-likeness (QED) is 0.0405. The Hall–Kier alpha value is -2.22. The summed E-state index contributed by atoms with van der Waals surface area (Å²) >= 11 is 0. The number of esters is 1. The average molecular weight is 688 g/mol. The Bertz CT molecular complexity index is 870. The van der Waals surface area contributed by atoms with Gasteiger partial charge in [0, 0.05) is 26.4 Å². The predicted octanol–water partition coefficient (Wildman–Crippen LogP) is 10.9.